The third-order valence-electron chi connectivity index (χ3n) is 4.97. The van der Waals surface area contributed by atoms with Gasteiger partial charge in [-0.25, -0.2) is 22.2 Å². The van der Waals surface area contributed by atoms with Gasteiger partial charge in [0.25, 0.3) is 0 Å². The van der Waals surface area contributed by atoms with Crippen LogP contribution in [0.2, 0.25) is 0 Å². The van der Waals surface area contributed by atoms with Crippen LogP contribution in [0.1, 0.15) is 21.7 Å². The largest absolute Gasteiger partial charge is 0.506 e. The molecule has 0 amide bonds. The van der Waals surface area contributed by atoms with Crippen molar-refractivity contribution >= 4 is 38.2 Å². The van der Waals surface area contributed by atoms with Crippen LogP contribution in [0, 0.1) is 23.0 Å². The van der Waals surface area contributed by atoms with Crippen LogP contribution in [0.5, 0.6) is 0 Å². The molecule has 0 bridgehead atoms. The molecular formula is C24H16F2N4O4S. The standard InChI is InChI=1S/C24H16F2N4O4S/c25-16-10-15(11-17(26)13-16)23(32)21(24-29-19-6-1-2-7-20(19)30-24)22(31)14-4-3-5-18(12-14)35(33,34)28-9-8-27/h1-7,10-13,28,32H,9H2,(H,29,30). The van der Waals surface area contributed by atoms with Crippen LogP contribution < -0.4 is 4.72 Å². The molecule has 0 unspecified atom stereocenters. The maximum absolute atomic E-state index is 13.9. The van der Waals surface area contributed by atoms with Crippen molar-refractivity contribution in [2.75, 3.05) is 6.54 Å². The van der Waals surface area contributed by atoms with Crippen molar-refractivity contribution in [3.8, 4) is 6.07 Å². The van der Waals surface area contributed by atoms with E-state index in [1.54, 1.807) is 30.3 Å². The highest BCUT2D eigenvalue weighted by atomic mass is 32.2. The third-order valence-corrected chi connectivity index (χ3v) is 6.37. The zero-order valence-corrected chi connectivity index (χ0v) is 18.6. The fraction of sp³-hybridized carbons (Fsp3) is 0.0417. The number of hydrogen-bond acceptors (Lipinski definition) is 6. The minimum atomic E-state index is -4.10. The summed E-state index contributed by atoms with van der Waals surface area (Å²) >= 11 is 0. The van der Waals surface area contributed by atoms with E-state index in [0.29, 0.717) is 17.1 Å². The van der Waals surface area contributed by atoms with E-state index in [-0.39, 0.29) is 21.8 Å². The Morgan fingerprint density at radius 3 is 2.43 bits per heavy atom. The molecule has 176 valence electrons. The molecule has 4 aromatic rings. The summed E-state index contributed by atoms with van der Waals surface area (Å²) in [6.45, 7) is -0.476. The highest BCUT2D eigenvalue weighted by Crippen LogP contribution is 2.29. The first kappa shape index (κ1) is 23.7. The highest BCUT2D eigenvalue weighted by Gasteiger charge is 2.25. The molecule has 1 aromatic heterocycles. The van der Waals surface area contributed by atoms with Gasteiger partial charge in [0.05, 0.1) is 28.5 Å². The van der Waals surface area contributed by atoms with E-state index in [0.717, 1.165) is 18.2 Å². The molecule has 0 saturated carbocycles. The Morgan fingerprint density at radius 1 is 1.03 bits per heavy atom. The molecule has 0 fully saturated rings. The summed E-state index contributed by atoms with van der Waals surface area (Å²) in [6.07, 6.45) is 0. The number of nitriles is 1. The molecule has 0 aliphatic carbocycles. The number of Topliss-reactive ketones (excluding diaryl/α,β-unsaturated/α-hetero) is 1. The lowest BCUT2D eigenvalue weighted by Gasteiger charge is -2.11. The zero-order valence-electron chi connectivity index (χ0n) is 17.8. The lowest BCUT2D eigenvalue weighted by Crippen LogP contribution is -2.24. The number of aliphatic hydroxyl groups excluding tert-OH is 1. The minimum Gasteiger partial charge on any atom is -0.506 e. The lowest BCUT2D eigenvalue weighted by molar-refractivity contribution is 0.105. The summed E-state index contributed by atoms with van der Waals surface area (Å²) in [5, 5.41) is 19.6. The van der Waals surface area contributed by atoms with Crippen LogP contribution in [-0.4, -0.2) is 35.8 Å². The Labute approximate surface area is 198 Å². The molecule has 0 aliphatic heterocycles. The van der Waals surface area contributed by atoms with Crippen LogP contribution in [0.3, 0.4) is 0 Å². The fourth-order valence-electron chi connectivity index (χ4n) is 3.39. The van der Waals surface area contributed by atoms with Crippen molar-refractivity contribution < 1.29 is 27.1 Å². The van der Waals surface area contributed by atoms with Crippen LogP contribution in [0.15, 0.2) is 71.6 Å². The minimum absolute atomic E-state index is 0.0887. The number of para-hydroxylation sites is 2. The van der Waals surface area contributed by atoms with Crippen LogP contribution in [-0.2, 0) is 10.0 Å². The quantitative estimate of drug-likeness (QED) is 0.154. The number of sulfonamides is 1. The second-order valence-corrected chi connectivity index (χ2v) is 9.09. The number of carbonyl (C=O) groups excluding carboxylic acids is 1. The molecule has 11 heteroatoms. The van der Waals surface area contributed by atoms with Crippen molar-refractivity contribution in [2.24, 2.45) is 0 Å². The van der Waals surface area contributed by atoms with Gasteiger partial charge in [-0.1, -0.05) is 24.3 Å². The molecule has 8 nitrogen and oxygen atoms in total. The number of hydrogen-bond donors (Lipinski definition) is 3. The number of aromatic amines is 1. The fourth-order valence-corrected chi connectivity index (χ4v) is 4.35. The predicted octanol–water partition coefficient (Wildman–Crippen LogP) is 3.95. The van der Waals surface area contributed by atoms with Crippen molar-refractivity contribution in [1.82, 2.24) is 14.7 Å². The number of rotatable bonds is 7. The molecule has 0 spiro atoms. The van der Waals surface area contributed by atoms with Crippen molar-refractivity contribution in [3.05, 3.63) is 95.3 Å². The number of allylic oxidation sites excluding steroid dienone is 1. The Morgan fingerprint density at radius 2 is 1.74 bits per heavy atom. The predicted molar refractivity (Wildman–Crippen MR) is 123 cm³/mol. The second kappa shape index (κ2) is 9.46. The van der Waals surface area contributed by atoms with E-state index in [9.17, 15) is 27.1 Å². The molecule has 0 saturated heterocycles. The Kier molecular flexibility index (Phi) is 6.42. The Balaban J connectivity index is 1.90. The average molecular weight is 494 g/mol. The van der Waals surface area contributed by atoms with Gasteiger partial charge in [0, 0.05) is 17.2 Å². The van der Waals surface area contributed by atoms with Crippen molar-refractivity contribution in [1.29, 1.82) is 5.26 Å². The number of halogens is 2. The van der Waals surface area contributed by atoms with Gasteiger partial charge in [0.1, 0.15) is 28.8 Å². The molecular weight excluding hydrogens is 478 g/mol. The summed E-state index contributed by atoms with van der Waals surface area (Å²) in [4.78, 5) is 20.5. The zero-order chi connectivity index (χ0) is 25.2. The summed E-state index contributed by atoms with van der Waals surface area (Å²) in [7, 11) is -4.10. The van der Waals surface area contributed by atoms with Gasteiger partial charge in [-0.2, -0.15) is 9.98 Å². The first-order valence-electron chi connectivity index (χ1n) is 10.1. The summed E-state index contributed by atoms with van der Waals surface area (Å²) in [5.74, 6) is -3.65. The van der Waals surface area contributed by atoms with Crippen molar-refractivity contribution in [2.45, 2.75) is 4.90 Å². The second-order valence-electron chi connectivity index (χ2n) is 7.32. The first-order chi connectivity index (χ1) is 16.7. The number of H-pyrrole nitrogens is 1. The van der Waals surface area contributed by atoms with E-state index in [1.807, 2.05) is 0 Å². The number of fused-ring (bicyclic) bond motifs is 1. The van der Waals surface area contributed by atoms with Crippen LogP contribution in [0.25, 0.3) is 22.4 Å². The molecule has 3 N–H and O–H groups in total. The number of nitrogens with zero attached hydrogens (tertiary/aromatic N) is 2. The SMILES string of the molecule is N#CCNS(=O)(=O)c1cccc(C(=O)C(=C(O)c2cc(F)cc(F)c2)c2nc3ccccc3[nH]2)c1. The number of ketones is 1. The normalized spacial score (nSPS) is 12.3. The monoisotopic (exact) mass is 494 g/mol. The molecule has 0 aliphatic rings. The third kappa shape index (κ3) is 4.93. The van der Waals surface area contributed by atoms with Gasteiger partial charge >= 0.3 is 0 Å². The first-order valence-corrected chi connectivity index (χ1v) is 11.5. The smallest absolute Gasteiger partial charge is 0.241 e. The molecule has 0 radical (unpaired) electrons. The van der Waals surface area contributed by atoms with Gasteiger partial charge in [0.15, 0.2) is 0 Å². The van der Waals surface area contributed by atoms with Gasteiger partial charge in [0.2, 0.25) is 15.8 Å². The van der Waals surface area contributed by atoms with Gasteiger partial charge in [-0.3, -0.25) is 4.79 Å². The maximum Gasteiger partial charge on any atom is 0.241 e. The molecule has 4 rings (SSSR count). The molecule has 1 heterocycles. The molecule has 35 heavy (non-hydrogen) atoms. The summed E-state index contributed by atoms with van der Waals surface area (Å²) in [6, 6.07) is 15.6. The van der Waals surface area contributed by atoms with Gasteiger partial charge in [-0.15, -0.1) is 0 Å². The highest BCUT2D eigenvalue weighted by molar-refractivity contribution is 7.89. The Hall–Kier alpha value is -4.40. The number of aliphatic hydroxyl groups is 1. The van der Waals surface area contributed by atoms with Crippen LogP contribution >= 0.6 is 0 Å². The molecule has 3 aromatic carbocycles. The van der Waals surface area contributed by atoms with Gasteiger partial charge < -0.3 is 10.1 Å². The van der Waals surface area contributed by atoms with Crippen molar-refractivity contribution in [3.63, 3.8) is 0 Å². The number of carbonyl (C=O) groups is 1. The van der Waals surface area contributed by atoms with E-state index in [4.69, 9.17) is 5.26 Å². The van der Waals surface area contributed by atoms with Gasteiger partial charge in [-0.05, 0) is 36.4 Å². The van der Waals surface area contributed by atoms with E-state index in [1.165, 1.54) is 18.2 Å². The number of aromatic nitrogens is 2. The number of nitrogens with one attached hydrogen (secondary N) is 2. The summed E-state index contributed by atoms with van der Waals surface area (Å²) in [5.41, 5.74) is 0.103. The number of benzene rings is 3. The topological polar surface area (TPSA) is 136 Å². The average Bonchev–Trinajstić information content (AvgIpc) is 3.26. The van der Waals surface area contributed by atoms with Crippen LogP contribution in [0.4, 0.5) is 8.78 Å². The van der Waals surface area contributed by atoms with E-state index >= 15 is 0 Å². The maximum atomic E-state index is 13.9. The molecule has 0 atom stereocenters. The van der Waals surface area contributed by atoms with E-state index in [2.05, 4.69) is 14.7 Å². The number of imidazole rings is 1. The van der Waals surface area contributed by atoms with E-state index < -0.39 is 45.3 Å². The lowest BCUT2D eigenvalue weighted by atomic mass is 9.98. The summed E-state index contributed by atoms with van der Waals surface area (Å²) < 4.78 is 54.6. The Bertz CT molecular complexity index is 1590.